The Labute approximate surface area is 118 Å². The van der Waals surface area contributed by atoms with Crippen LogP contribution in [0.5, 0.6) is 0 Å². The molecule has 0 radical (unpaired) electrons. The van der Waals surface area contributed by atoms with E-state index < -0.39 is 0 Å². The maximum atomic E-state index is 3.74. The third-order valence-corrected chi connectivity index (χ3v) is 6.21. The summed E-state index contributed by atoms with van der Waals surface area (Å²) in [7, 11) is 0. The van der Waals surface area contributed by atoms with Crippen molar-refractivity contribution < 1.29 is 0 Å². The van der Waals surface area contributed by atoms with E-state index in [0.717, 1.165) is 0 Å². The maximum absolute atomic E-state index is 3.74. The smallest absolute Gasteiger partial charge is 0.0510 e. The van der Waals surface area contributed by atoms with Crippen LogP contribution in [0.1, 0.15) is 38.5 Å². The first-order valence-corrected chi connectivity index (χ1v) is 8.90. The largest absolute Gasteiger partial charge is 0.310 e. The summed E-state index contributed by atoms with van der Waals surface area (Å²) in [5, 5.41) is 11.9. The van der Waals surface area contributed by atoms with E-state index in [9.17, 15) is 0 Å². The van der Waals surface area contributed by atoms with Crippen molar-refractivity contribution in [1.29, 1.82) is 0 Å². The second-order valence-corrected chi connectivity index (χ2v) is 7.35. The fourth-order valence-corrected chi connectivity index (χ4v) is 5.19. The molecule has 2 atom stereocenters. The molecule has 2 unspecified atom stereocenters. The van der Waals surface area contributed by atoms with Crippen molar-refractivity contribution in [2.75, 3.05) is 13.1 Å². The lowest BCUT2D eigenvalue weighted by Gasteiger charge is -2.34. The highest BCUT2D eigenvalue weighted by Crippen LogP contribution is 2.43. The zero-order valence-corrected chi connectivity index (χ0v) is 12.4. The molecule has 0 aromatic heterocycles. The first-order chi connectivity index (χ1) is 8.95. The van der Waals surface area contributed by atoms with Crippen molar-refractivity contribution in [2.45, 2.75) is 50.6 Å². The lowest BCUT2D eigenvalue weighted by Crippen LogP contribution is -2.45. The van der Waals surface area contributed by atoms with Crippen molar-refractivity contribution in [3.63, 3.8) is 0 Å². The molecule has 2 fully saturated rings. The SMILES string of the molecule is C1=CSC(=C(C2CCCCN2)C2CCCCN2)S1. The molecule has 2 nitrogen and oxygen atoms in total. The Morgan fingerprint density at radius 3 is 1.89 bits per heavy atom. The van der Waals surface area contributed by atoms with Crippen molar-refractivity contribution in [2.24, 2.45) is 0 Å². The van der Waals surface area contributed by atoms with E-state index >= 15 is 0 Å². The zero-order chi connectivity index (χ0) is 12.2. The number of thioether (sulfide) groups is 2. The minimum atomic E-state index is 0.615. The second-order valence-electron chi connectivity index (χ2n) is 5.26. The predicted molar refractivity (Wildman–Crippen MR) is 82.6 cm³/mol. The van der Waals surface area contributed by atoms with Crippen molar-refractivity contribution in [3.05, 3.63) is 20.6 Å². The van der Waals surface area contributed by atoms with E-state index in [-0.39, 0.29) is 0 Å². The van der Waals surface area contributed by atoms with Crippen LogP contribution in [0.25, 0.3) is 0 Å². The molecule has 3 rings (SSSR count). The summed E-state index contributed by atoms with van der Waals surface area (Å²) in [4.78, 5) is 0. The van der Waals surface area contributed by atoms with Crippen molar-refractivity contribution in [3.8, 4) is 0 Å². The van der Waals surface area contributed by atoms with E-state index in [1.54, 1.807) is 5.57 Å². The second kappa shape index (κ2) is 6.51. The highest BCUT2D eigenvalue weighted by molar-refractivity contribution is 8.27. The topological polar surface area (TPSA) is 24.1 Å². The molecule has 0 amide bonds. The summed E-state index contributed by atoms with van der Waals surface area (Å²) in [6.45, 7) is 2.38. The van der Waals surface area contributed by atoms with Crippen LogP contribution in [0.2, 0.25) is 0 Å². The summed E-state index contributed by atoms with van der Waals surface area (Å²) >= 11 is 3.84. The van der Waals surface area contributed by atoms with Gasteiger partial charge in [-0.2, -0.15) is 0 Å². The van der Waals surface area contributed by atoms with Gasteiger partial charge in [-0.3, -0.25) is 0 Å². The van der Waals surface area contributed by atoms with E-state index in [1.165, 1.54) is 55.9 Å². The van der Waals surface area contributed by atoms with Gasteiger partial charge in [0.05, 0.1) is 4.24 Å². The van der Waals surface area contributed by atoms with E-state index in [2.05, 4.69) is 21.4 Å². The molecule has 3 aliphatic rings. The van der Waals surface area contributed by atoms with Gasteiger partial charge in [0, 0.05) is 12.1 Å². The molecule has 2 saturated heterocycles. The molecule has 18 heavy (non-hydrogen) atoms. The van der Waals surface area contributed by atoms with Gasteiger partial charge in [0.2, 0.25) is 0 Å². The molecule has 4 heteroatoms. The van der Waals surface area contributed by atoms with Crippen LogP contribution in [0.15, 0.2) is 20.6 Å². The maximum Gasteiger partial charge on any atom is 0.0510 e. The normalized spacial score (nSPS) is 32.8. The summed E-state index contributed by atoms with van der Waals surface area (Å²) in [5.41, 5.74) is 1.66. The van der Waals surface area contributed by atoms with Gasteiger partial charge in [-0.05, 0) is 55.2 Å². The average Bonchev–Trinajstić information content (AvgIpc) is 2.95. The Morgan fingerprint density at radius 1 is 0.889 bits per heavy atom. The van der Waals surface area contributed by atoms with Crippen LogP contribution < -0.4 is 10.6 Å². The Bertz CT molecular complexity index is 310. The van der Waals surface area contributed by atoms with Crippen LogP contribution in [-0.2, 0) is 0 Å². The minimum absolute atomic E-state index is 0.615. The number of rotatable bonds is 2. The van der Waals surface area contributed by atoms with Gasteiger partial charge < -0.3 is 10.6 Å². The highest BCUT2D eigenvalue weighted by atomic mass is 32.2. The number of nitrogens with one attached hydrogen (secondary N) is 2. The summed E-state index contributed by atoms with van der Waals surface area (Å²) in [6, 6.07) is 1.23. The fraction of sp³-hybridized carbons (Fsp3) is 0.714. The van der Waals surface area contributed by atoms with Gasteiger partial charge >= 0.3 is 0 Å². The first-order valence-electron chi connectivity index (χ1n) is 7.14. The highest BCUT2D eigenvalue weighted by Gasteiger charge is 2.29. The molecule has 0 aromatic carbocycles. The Hall–Kier alpha value is 0.1000. The monoisotopic (exact) mass is 282 g/mol. The van der Waals surface area contributed by atoms with E-state index in [1.807, 2.05) is 23.5 Å². The Morgan fingerprint density at radius 2 is 1.44 bits per heavy atom. The zero-order valence-electron chi connectivity index (χ0n) is 10.8. The van der Waals surface area contributed by atoms with Crippen LogP contribution >= 0.6 is 23.5 Å². The average molecular weight is 282 g/mol. The van der Waals surface area contributed by atoms with Crippen LogP contribution in [0, 0.1) is 0 Å². The lowest BCUT2D eigenvalue weighted by atomic mass is 9.89. The fourth-order valence-electron chi connectivity index (χ4n) is 3.10. The molecule has 100 valence electrons. The summed E-state index contributed by atoms with van der Waals surface area (Å²) < 4.78 is 1.54. The molecule has 0 aliphatic carbocycles. The molecule has 3 heterocycles. The van der Waals surface area contributed by atoms with Gasteiger partial charge in [-0.15, -0.1) is 0 Å². The minimum Gasteiger partial charge on any atom is -0.310 e. The van der Waals surface area contributed by atoms with Crippen LogP contribution in [-0.4, -0.2) is 25.2 Å². The van der Waals surface area contributed by atoms with E-state index in [4.69, 9.17) is 0 Å². The van der Waals surface area contributed by atoms with E-state index in [0.29, 0.717) is 12.1 Å². The Kier molecular flexibility index (Phi) is 4.74. The predicted octanol–water partition coefficient (Wildman–Crippen LogP) is 3.43. The molecule has 0 saturated carbocycles. The third-order valence-electron chi connectivity index (χ3n) is 4.01. The van der Waals surface area contributed by atoms with Gasteiger partial charge in [-0.25, -0.2) is 0 Å². The first kappa shape index (κ1) is 13.1. The molecule has 2 N–H and O–H groups in total. The number of piperidine rings is 2. The van der Waals surface area contributed by atoms with Gasteiger partial charge in [0.15, 0.2) is 0 Å². The number of hydrogen-bond donors (Lipinski definition) is 2. The Balaban J connectivity index is 1.80. The molecule has 0 bridgehead atoms. The molecular weight excluding hydrogens is 260 g/mol. The number of hydrogen-bond acceptors (Lipinski definition) is 4. The summed E-state index contributed by atoms with van der Waals surface area (Å²) in [5.74, 6) is 0. The molecule has 0 spiro atoms. The van der Waals surface area contributed by atoms with Crippen LogP contribution in [0.3, 0.4) is 0 Å². The summed E-state index contributed by atoms with van der Waals surface area (Å²) in [6.07, 6.45) is 8.08. The lowest BCUT2D eigenvalue weighted by molar-refractivity contribution is 0.375. The van der Waals surface area contributed by atoms with Gasteiger partial charge in [-0.1, -0.05) is 36.4 Å². The van der Waals surface area contributed by atoms with Crippen molar-refractivity contribution >= 4 is 23.5 Å². The van der Waals surface area contributed by atoms with Gasteiger partial charge in [0.1, 0.15) is 0 Å². The third kappa shape index (κ3) is 2.98. The molecule has 3 aliphatic heterocycles. The quantitative estimate of drug-likeness (QED) is 0.810. The van der Waals surface area contributed by atoms with Crippen LogP contribution in [0.4, 0.5) is 0 Å². The molecular formula is C14H22N2S2. The molecule has 0 aromatic rings. The standard InChI is InChI=1S/C14H22N2S2/c1-3-7-15-11(5-1)13(14-17-9-10-18-14)12-6-2-4-8-16-12/h9-12,15-16H,1-8H2. The van der Waals surface area contributed by atoms with Gasteiger partial charge in [0.25, 0.3) is 0 Å². The van der Waals surface area contributed by atoms with Crippen molar-refractivity contribution in [1.82, 2.24) is 10.6 Å².